The van der Waals surface area contributed by atoms with Crippen molar-refractivity contribution in [3.63, 3.8) is 0 Å². The Labute approximate surface area is 128 Å². The van der Waals surface area contributed by atoms with Crippen LogP contribution in [0.5, 0.6) is 0 Å². The van der Waals surface area contributed by atoms with E-state index in [1.807, 2.05) is 65.8 Å². The van der Waals surface area contributed by atoms with Gasteiger partial charge in [0.25, 0.3) is 0 Å². The maximum Gasteiger partial charge on any atom is 0.341 e. The highest BCUT2D eigenvalue weighted by atomic mass is 35.5. The Morgan fingerprint density at radius 3 is 2.15 bits per heavy atom. The van der Waals surface area contributed by atoms with Crippen LogP contribution in [0.3, 0.4) is 0 Å². The van der Waals surface area contributed by atoms with Crippen LogP contribution in [-0.2, 0) is 0 Å². The second kappa shape index (κ2) is 6.59. The molecular formula is C15H14ClN3S. The topological polar surface area (TPSA) is 21.7 Å². The standard InChI is InChI=1S/C15H14N3S.ClH/c1-19-15-16-18(14-10-6-3-7-11-14)12-17(15)13-8-4-2-5-9-13;/h2-12H,1H3;1H/q+1;/p-1. The molecule has 20 heavy (non-hydrogen) atoms. The van der Waals surface area contributed by atoms with Crippen molar-refractivity contribution >= 4 is 11.8 Å². The highest BCUT2D eigenvalue weighted by Crippen LogP contribution is 2.12. The summed E-state index contributed by atoms with van der Waals surface area (Å²) in [4.78, 5) is 0. The molecule has 1 aromatic heterocycles. The van der Waals surface area contributed by atoms with E-state index >= 15 is 0 Å². The predicted molar refractivity (Wildman–Crippen MR) is 76.9 cm³/mol. The third kappa shape index (κ3) is 2.86. The zero-order chi connectivity index (χ0) is 13.1. The first kappa shape index (κ1) is 14.6. The van der Waals surface area contributed by atoms with Crippen LogP contribution in [0, 0.1) is 0 Å². The largest absolute Gasteiger partial charge is 1.00 e. The van der Waals surface area contributed by atoms with Gasteiger partial charge in [-0.1, -0.05) is 52.8 Å². The number of halogens is 1. The first-order valence-electron chi connectivity index (χ1n) is 6.04. The maximum atomic E-state index is 4.62. The molecule has 0 aliphatic heterocycles. The molecule has 0 amide bonds. The summed E-state index contributed by atoms with van der Waals surface area (Å²) in [7, 11) is 0. The van der Waals surface area contributed by atoms with Crippen LogP contribution in [-0.4, -0.2) is 16.0 Å². The lowest BCUT2D eigenvalue weighted by molar-refractivity contribution is -0.636. The van der Waals surface area contributed by atoms with Gasteiger partial charge in [0.15, 0.2) is 0 Å². The van der Waals surface area contributed by atoms with Gasteiger partial charge >= 0.3 is 5.16 Å². The van der Waals surface area contributed by atoms with Crippen molar-refractivity contribution in [1.82, 2.24) is 9.78 Å². The van der Waals surface area contributed by atoms with Gasteiger partial charge in [-0.3, -0.25) is 0 Å². The second-order valence-electron chi connectivity index (χ2n) is 4.09. The third-order valence-corrected chi connectivity index (χ3v) is 3.51. The summed E-state index contributed by atoms with van der Waals surface area (Å²) in [6, 6.07) is 20.4. The van der Waals surface area contributed by atoms with Gasteiger partial charge in [-0.15, -0.1) is 0 Å². The van der Waals surface area contributed by atoms with E-state index in [2.05, 4.69) is 21.8 Å². The molecule has 0 N–H and O–H groups in total. The summed E-state index contributed by atoms with van der Waals surface area (Å²) in [6.07, 6.45) is 4.05. The van der Waals surface area contributed by atoms with E-state index < -0.39 is 0 Å². The quantitative estimate of drug-likeness (QED) is 0.497. The summed E-state index contributed by atoms with van der Waals surface area (Å²) in [5.74, 6) is 0. The molecule has 102 valence electrons. The van der Waals surface area contributed by atoms with E-state index in [1.165, 1.54) is 0 Å². The molecule has 1 heterocycles. The molecule has 0 radical (unpaired) electrons. The Morgan fingerprint density at radius 1 is 0.950 bits per heavy atom. The number of thioether (sulfide) groups is 1. The Kier molecular flexibility index (Phi) is 4.82. The zero-order valence-corrected chi connectivity index (χ0v) is 12.6. The summed E-state index contributed by atoms with van der Waals surface area (Å²) >= 11 is 1.64. The number of benzene rings is 2. The van der Waals surface area contributed by atoms with Gasteiger partial charge in [-0.25, -0.2) is 0 Å². The van der Waals surface area contributed by atoms with E-state index in [1.54, 1.807) is 11.8 Å². The molecule has 0 saturated heterocycles. The lowest BCUT2D eigenvalue weighted by atomic mass is 10.3. The molecular weight excluding hydrogens is 290 g/mol. The van der Waals surface area contributed by atoms with Crippen molar-refractivity contribution in [2.75, 3.05) is 6.26 Å². The predicted octanol–water partition coefficient (Wildman–Crippen LogP) is -0.125. The molecule has 0 aliphatic rings. The van der Waals surface area contributed by atoms with Crippen molar-refractivity contribution in [1.29, 1.82) is 0 Å². The monoisotopic (exact) mass is 303 g/mol. The summed E-state index contributed by atoms with van der Waals surface area (Å²) in [5.41, 5.74) is 2.18. The number of para-hydroxylation sites is 2. The molecule has 0 fully saturated rings. The number of hydrogen-bond acceptors (Lipinski definition) is 2. The summed E-state index contributed by atoms with van der Waals surface area (Å²) < 4.78 is 4.00. The van der Waals surface area contributed by atoms with Crippen LogP contribution >= 0.6 is 11.8 Å². The van der Waals surface area contributed by atoms with Crippen molar-refractivity contribution in [2.24, 2.45) is 0 Å². The van der Waals surface area contributed by atoms with Crippen molar-refractivity contribution in [3.8, 4) is 11.4 Å². The Hall–Kier alpha value is -1.78. The highest BCUT2D eigenvalue weighted by Gasteiger charge is 2.18. The molecule has 3 aromatic rings. The highest BCUT2D eigenvalue weighted by molar-refractivity contribution is 7.98. The van der Waals surface area contributed by atoms with Crippen molar-refractivity contribution < 1.29 is 17.0 Å². The zero-order valence-electron chi connectivity index (χ0n) is 11.0. The normalized spacial score (nSPS) is 10.1. The number of nitrogens with zero attached hydrogens (tertiary/aromatic N) is 3. The van der Waals surface area contributed by atoms with Crippen LogP contribution in [0.2, 0.25) is 0 Å². The van der Waals surface area contributed by atoms with Gasteiger partial charge in [-0.05, 0) is 30.5 Å². The van der Waals surface area contributed by atoms with Crippen LogP contribution in [0.1, 0.15) is 0 Å². The van der Waals surface area contributed by atoms with E-state index in [4.69, 9.17) is 0 Å². The minimum Gasteiger partial charge on any atom is -1.00 e. The molecule has 3 rings (SSSR count). The molecule has 0 atom stereocenters. The molecule has 0 bridgehead atoms. The first-order valence-corrected chi connectivity index (χ1v) is 7.27. The smallest absolute Gasteiger partial charge is 0.341 e. The molecule has 3 nitrogen and oxygen atoms in total. The van der Waals surface area contributed by atoms with Gasteiger partial charge in [0, 0.05) is 0 Å². The number of hydrogen-bond donors (Lipinski definition) is 0. The fourth-order valence-electron chi connectivity index (χ4n) is 1.93. The summed E-state index contributed by atoms with van der Waals surface area (Å²) in [5, 5.41) is 5.59. The minimum absolute atomic E-state index is 0. The average Bonchev–Trinajstić information content (AvgIpc) is 2.93. The van der Waals surface area contributed by atoms with Gasteiger partial charge in [0.05, 0.1) is 5.10 Å². The van der Waals surface area contributed by atoms with Crippen LogP contribution in [0.4, 0.5) is 0 Å². The Bertz CT molecular complexity index is 668. The van der Waals surface area contributed by atoms with E-state index in [-0.39, 0.29) is 12.4 Å². The van der Waals surface area contributed by atoms with Crippen LogP contribution in [0.15, 0.2) is 72.1 Å². The van der Waals surface area contributed by atoms with E-state index in [0.29, 0.717) is 0 Å². The number of rotatable bonds is 3. The lowest BCUT2D eigenvalue weighted by Crippen LogP contribution is -3.00. The van der Waals surface area contributed by atoms with Crippen LogP contribution in [0.25, 0.3) is 11.4 Å². The fraction of sp³-hybridized carbons (Fsp3) is 0.0667. The molecule has 0 spiro atoms. The maximum absolute atomic E-state index is 4.62. The first-order chi connectivity index (χ1) is 9.38. The van der Waals surface area contributed by atoms with Gasteiger partial charge in [0.1, 0.15) is 11.4 Å². The third-order valence-electron chi connectivity index (χ3n) is 2.86. The van der Waals surface area contributed by atoms with E-state index in [0.717, 1.165) is 16.5 Å². The fourth-order valence-corrected chi connectivity index (χ4v) is 2.45. The van der Waals surface area contributed by atoms with Crippen LogP contribution < -0.4 is 17.0 Å². The molecule has 0 aliphatic carbocycles. The Morgan fingerprint density at radius 2 is 1.55 bits per heavy atom. The van der Waals surface area contributed by atoms with E-state index in [9.17, 15) is 0 Å². The average molecular weight is 304 g/mol. The van der Waals surface area contributed by atoms with Crippen molar-refractivity contribution in [3.05, 3.63) is 67.0 Å². The SMILES string of the molecule is CSc1nn(-c2ccccc2)c[n+]1-c1ccccc1.[Cl-]. The lowest BCUT2D eigenvalue weighted by Gasteiger charge is -1.96. The number of aromatic nitrogens is 3. The second-order valence-corrected chi connectivity index (χ2v) is 4.86. The van der Waals surface area contributed by atoms with Crippen molar-refractivity contribution in [2.45, 2.75) is 5.16 Å². The Balaban J connectivity index is 0.00000147. The minimum atomic E-state index is 0. The summed E-state index contributed by atoms with van der Waals surface area (Å²) in [6.45, 7) is 0. The van der Waals surface area contributed by atoms with Gasteiger partial charge < -0.3 is 12.4 Å². The van der Waals surface area contributed by atoms with Gasteiger partial charge in [-0.2, -0.15) is 4.57 Å². The molecule has 2 aromatic carbocycles. The molecule has 0 unspecified atom stereocenters. The van der Waals surface area contributed by atoms with Gasteiger partial charge in [0.2, 0.25) is 6.33 Å². The molecule has 5 heteroatoms. The molecule has 0 saturated carbocycles.